The normalized spacial score (nSPS) is 11.4. The van der Waals surface area contributed by atoms with Crippen molar-refractivity contribution in [2.75, 3.05) is 11.5 Å². The lowest BCUT2D eigenvalue weighted by atomic mass is 9.77. The van der Waals surface area contributed by atoms with Crippen molar-refractivity contribution < 1.29 is 0 Å². The Bertz CT molecular complexity index is 896. The minimum Gasteiger partial charge on any atom is -0.394 e. The molecule has 4 heteroatoms. The van der Waals surface area contributed by atoms with Crippen LogP contribution in [0, 0.1) is 0 Å². The zero-order chi connectivity index (χ0) is 18.0. The van der Waals surface area contributed by atoms with E-state index in [4.69, 9.17) is 11.5 Å². The Morgan fingerprint density at radius 1 is 0.615 bits per heavy atom. The highest BCUT2D eigenvalue weighted by atomic mass is 15.4. The molecule has 4 nitrogen and oxygen atoms in total. The van der Waals surface area contributed by atoms with E-state index in [1.807, 2.05) is 59.3 Å². The smallest absolute Gasteiger partial charge is 0.146 e. The molecule has 1 aromatic heterocycles. The zero-order valence-electron chi connectivity index (χ0n) is 14.3. The molecule has 0 saturated heterocycles. The Morgan fingerprint density at radius 3 is 1.31 bits per heavy atom. The van der Waals surface area contributed by atoms with Crippen LogP contribution in [0.15, 0.2) is 97.2 Å². The van der Waals surface area contributed by atoms with Crippen molar-refractivity contribution in [1.29, 1.82) is 0 Å². The van der Waals surface area contributed by atoms with E-state index < -0.39 is 5.54 Å². The van der Waals surface area contributed by atoms with Gasteiger partial charge >= 0.3 is 0 Å². The van der Waals surface area contributed by atoms with Gasteiger partial charge in [0.1, 0.15) is 11.4 Å². The van der Waals surface area contributed by atoms with Crippen LogP contribution in [0.3, 0.4) is 0 Å². The molecule has 26 heavy (non-hydrogen) atoms. The molecule has 0 saturated carbocycles. The monoisotopic (exact) mass is 340 g/mol. The standard InChI is InChI=1S/C22H20N4/c23-20-16-25-26(21(20)24)22(17-10-4-1-5-11-17,18-12-6-2-7-13-18)19-14-8-3-9-15-19/h1-16H,23-24H2. The van der Waals surface area contributed by atoms with E-state index in [9.17, 15) is 0 Å². The van der Waals surface area contributed by atoms with Gasteiger partial charge in [-0.2, -0.15) is 5.10 Å². The van der Waals surface area contributed by atoms with Gasteiger partial charge in [0, 0.05) is 0 Å². The topological polar surface area (TPSA) is 69.9 Å². The first-order valence-corrected chi connectivity index (χ1v) is 8.50. The second-order valence-electron chi connectivity index (χ2n) is 6.21. The molecule has 0 amide bonds. The minimum absolute atomic E-state index is 0.446. The number of rotatable bonds is 4. The number of nitrogen functional groups attached to an aromatic ring is 2. The fourth-order valence-electron chi connectivity index (χ4n) is 3.54. The summed E-state index contributed by atoms with van der Waals surface area (Å²) in [4.78, 5) is 0. The lowest BCUT2D eigenvalue weighted by Crippen LogP contribution is -2.39. The third kappa shape index (κ3) is 2.35. The van der Waals surface area contributed by atoms with Crippen molar-refractivity contribution in [2.24, 2.45) is 0 Å². The van der Waals surface area contributed by atoms with Crippen molar-refractivity contribution in [3.63, 3.8) is 0 Å². The molecule has 0 aliphatic rings. The first-order valence-electron chi connectivity index (χ1n) is 8.50. The zero-order valence-corrected chi connectivity index (χ0v) is 14.3. The molecule has 0 atom stereocenters. The van der Waals surface area contributed by atoms with E-state index >= 15 is 0 Å². The van der Waals surface area contributed by atoms with E-state index in [2.05, 4.69) is 41.5 Å². The molecule has 4 N–H and O–H groups in total. The Hall–Kier alpha value is -3.53. The van der Waals surface area contributed by atoms with Crippen molar-refractivity contribution in [3.05, 3.63) is 114 Å². The molecular weight excluding hydrogens is 320 g/mol. The summed E-state index contributed by atoms with van der Waals surface area (Å²) in [6, 6.07) is 30.7. The molecule has 4 rings (SSSR count). The first kappa shape index (κ1) is 16.0. The highest BCUT2D eigenvalue weighted by Crippen LogP contribution is 2.42. The number of aromatic nitrogens is 2. The Morgan fingerprint density at radius 2 is 1.00 bits per heavy atom. The maximum atomic E-state index is 6.38. The van der Waals surface area contributed by atoms with Gasteiger partial charge in [0.05, 0.1) is 11.9 Å². The summed E-state index contributed by atoms with van der Waals surface area (Å²) in [6.07, 6.45) is 1.61. The molecular formula is C22H20N4. The average molecular weight is 340 g/mol. The maximum absolute atomic E-state index is 6.38. The van der Waals surface area contributed by atoms with Gasteiger partial charge in [-0.3, -0.25) is 0 Å². The Kier molecular flexibility index (Phi) is 3.93. The van der Waals surface area contributed by atoms with Crippen LogP contribution >= 0.6 is 0 Å². The quantitative estimate of drug-likeness (QED) is 0.554. The van der Waals surface area contributed by atoms with Gasteiger partial charge in [0.15, 0.2) is 0 Å². The van der Waals surface area contributed by atoms with Crippen LogP contribution in [0.2, 0.25) is 0 Å². The molecule has 1 heterocycles. The molecule has 0 bridgehead atoms. The van der Waals surface area contributed by atoms with Crippen molar-refractivity contribution in [1.82, 2.24) is 9.78 Å². The lowest BCUT2D eigenvalue weighted by Gasteiger charge is -2.37. The van der Waals surface area contributed by atoms with Crippen molar-refractivity contribution in [3.8, 4) is 0 Å². The molecule has 4 aromatic rings. The lowest BCUT2D eigenvalue weighted by molar-refractivity contribution is 0.467. The summed E-state index contributed by atoms with van der Waals surface area (Å²) >= 11 is 0. The van der Waals surface area contributed by atoms with Crippen LogP contribution in [-0.4, -0.2) is 9.78 Å². The number of benzene rings is 3. The fraction of sp³-hybridized carbons (Fsp3) is 0.0455. The third-order valence-electron chi connectivity index (χ3n) is 4.73. The van der Waals surface area contributed by atoms with Crippen molar-refractivity contribution in [2.45, 2.75) is 5.54 Å². The van der Waals surface area contributed by atoms with Crippen LogP contribution in [0.1, 0.15) is 16.7 Å². The van der Waals surface area contributed by atoms with Gasteiger partial charge < -0.3 is 11.5 Å². The maximum Gasteiger partial charge on any atom is 0.146 e. The molecule has 128 valence electrons. The Balaban J connectivity index is 2.16. The van der Waals surface area contributed by atoms with Gasteiger partial charge in [-0.25, -0.2) is 4.68 Å². The number of nitrogens with two attached hydrogens (primary N) is 2. The fourth-order valence-corrected chi connectivity index (χ4v) is 3.54. The summed E-state index contributed by atoms with van der Waals surface area (Å²) in [6.45, 7) is 0. The van der Waals surface area contributed by atoms with E-state index in [0.29, 0.717) is 11.5 Å². The SMILES string of the molecule is Nc1cnn(C(c2ccccc2)(c2ccccc2)c2ccccc2)c1N. The average Bonchev–Trinajstić information content (AvgIpc) is 3.04. The first-order chi connectivity index (χ1) is 12.7. The summed E-state index contributed by atoms with van der Waals surface area (Å²) in [5.74, 6) is 0.446. The van der Waals surface area contributed by atoms with Crippen LogP contribution < -0.4 is 11.5 Å². The molecule has 0 radical (unpaired) electrons. The third-order valence-corrected chi connectivity index (χ3v) is 4.73. The summed E-state index contributed by atoms with van der Waals surface area (Å²) < 4.78 is 1.82. The van der Waals surface area contributed by atoms with E-state index in [1.54, 1.807) is 6.20 Å². The highest BCUT2D eigenvalue weighted by molar-refractivity contribution is 5.62. The Labute approximate surface area is 152 Å². The van der Waals surface area contributed by atoms with Gasteiger partial charge in [-0.1, -0.05) is 91.0 Å². The van der Waals surface area contributed by atoms with Gasteiger partial charge in [0.25, 0.3) is 0 Å². The van der Waals surface area contributed by atoms with Gasteiger partial charge in [0.2, 0.25) is 0 Å². The molecule has 3 aromatic carbocycles. The van der Waals surface area contributed by atoms with E-state index in [-0.39, 0.29) is 0 Å². The number of nitrogens with zero attached hydrogens (tertiary/aromatic N) is 2. The minimum atomic E-state index is -0.717. The predicted molar refractivity (Wildman–Crippen MR) is 106 cm³/mol. The van der Waals surface area contributed by atoms with Gasteiger partial charge in [-0.15, -0.1) is 0 Å². The molecule has 0 fully saturated rings. The number of anilines is 2. The predicted octanol–water partition coefficient (Wildman–Crippen LogP) is 3.89. The van der Waals surface area contributed by atoms with Crippen LogP contribution in [-0.2, 0) is 5.54 Å². The van der Waals surface area contributed by atoms with Crippen LogP contribution in [0.5, 0.6) is 0 Å². The van der Waals surface area contributed by atoms with Crippen molar-refractivity contribution >= 4 is 11.5 Å². The summed E-state index contributed by atoms with van der Waals surface area (Å²) in [5.41, 5.74) is 15.4. The molecule has 0 aliphatic heterocycles. The van der Waals surface area contributed by atoms with Crippen LogP contribution in [0.4, 0.5) is 11.5 Å². The second kappa shape index (κ2) is 6.41. The van der Waals surface area contributed by atoms with E-state index in [1.165, 1.54) is 0 Å². The second-order valence-corrected chi connectivity index (χ2v) is 6.21. The largest absolute Gasteiger partial charge is 0.394 e. The van der Waals surface area contributed by atoms with E-state index in [0.717, 1.165) is 16.7 Å². The number of hydrogen-bond donors (Lipinski definition) is 2. The molecule has 0 unspecified atom stereocenters. The van der Waals surface area contributed by atoms with Crippen LogP contribution in [0.25, 0.3) is 0 Å². The highest BCUT2D eigenvalue weighted by Gasteiger charge is 2.40. The molecule has 0 spiro atoms. The summed E-state index contributed by atoms with van der Waals surface area (Å²) in [5, 5.41) is 4.58. The van der Waals surface area contributed by atoms with Gasteiger partial charge in [-0.05, 0) is 16.7 Å². The molecule has 0 aliphatic carbocycles. The number of hydrogen-bond acceptors (Lipinski definition) is 3. The summed E-state index contributed by atoms with van der Waals surface area (Å²) in [7, 11) is 0.